The summed E-state index contributed by atoms with van der Waals surface area (Å²) in [6, 6.07) is 3.96. The lowest BCUT2D eigenvalue weighted by Gasteiger charge is -2.28. The highest BCUT2D eigenvalue weighted by atomic mass is 35.5. The summed E-state index contributed by atoms with van der Waals surface area (Å²) < 4.78 is 0.820. The van der Waals surface area contributed by atoms with Crippen molar-refractivity contribution in [2.75, 3.05) is 13.6 Å². The van der Waals surface area contributed by atoms with Gasteiger partial charge in [-0.05, 0) is 25.6 Å². The van der Waals surface area contributed by atoms with Gasteiger partial charge in [0.2, 0.25) is 0 Å². The third-order valence-corrected chi connectivity index (χ3v) is 4.01. The number of aldehydes is 1. The quantitative estimate of drug-likeness (QED) is 0.704. The molecule has 0 bridgehead atoms. The van der Waals surface area contributed by atoms with Crippen LogP contribution in [0, 0.1) is 5.41 Å². The summed E-state index contributed by atoms with van der Waals surface area (Å²) in [6.45, 7) is 5.78. The molecule has 0 N–H and O–H groups in total. The summed E-state index contributed by atoms with van der Waals surface area (Å²) in [6.07, 6.45) is 3.06. The van der Waals surface area contributed by atoms with Crippen LogP contribution in [0.25, 0.3) is 0 Å². The zero-order valence-electron chi connectivity index (χ0n) is 10.7. The molecule has 0 spiro atoms. The summed E-state index contributed by atoms with van der Waals surface area (Å²) >= 11 is 7.50. The number of hydrogen-bond acceptors (Lipinski definition) is 3. The van der Waals surface area contributed by atoms with E-state index in [1.54, 1.807) is 11.3 Å². The second-order valence-electron chi connectivity index (χ2n) is 4.90. The van der Waals surface area contributed by atoms with E-state index in [9.17, 15) is 4.79 Å². The highest BCUT2D eigenvalue weighted by molar-refractivity contribution is 7.16. The third-order valence-electron chi connectivity index (χ3n) is 2.79. The molecular weight excluding hydrogens is 254 g/mol. The van der Waals surface area contributed by atoms with Gasteiger partial charge in [-0.25, -0.2) is 0 Å². The number of rotatable bonds is 7. The van der Waals surface area contributed by atoms with Gasteiger partial charge in [-0.15, -0.1) is 11.3 Å². The first-order chi connectivity index (χ1) is 7.99. The normalized spacial score (nSPS) is 14.9. The molecule has 1 unspecified atom stereocenters. The monoisotopic (exact) mass is 273 g/mol. The average Bonchev–Trinajstić information content (AvgIpc) is 2.64. The molecule has 1 heterocycles. The lowest BCUT2D eigenvalue weighted by Crippen LogP contribution is -2.34. The molecule has 0 aliphatic rings. The molecule has 1 aromatic heterocycles. The zero-order valence-corrected chi connectivity index (χ0v) is 12.3. The molecule has 0 aromatic carbocycles. The molecule has 0 aliphatic heterocycles. The second-order valence-corrected chi connectivity index (χ2v) is 6.70. The Hall–Kier alpha value is -0.380. The Labute approximate surface area is 113 Å². The van der Waals surface area contributed by atoms with E-state index in [1.165, 1.54) is 4.88 Å². The number of nitrogens with zero attached hydrogens (tertiary/aromatic N) is 1. The van der Waals surface area contributed by atoms with Gasteiger partial charge in [-0.1, -0.05) is 31.9 Å². The summed E-state index contributed by atoms with van der Waals surface area (Å²) in [5.41, 5.74) is -0.232. The fraction of sp³-hybridized carbons (Fsp3) is 0.615. The minimum absolute atomic E-state index is 0.232. The van der Waals surface area contributed by atoms with Crippen molar-refractivity contribution in [1.82, 2.24) is 4.90 Å². The molecule has 96 valence electrons. The van der Waals surface area contributed by atoms with E-state index in [0.29, 0.717) is 0 Å². The van der Waals surface area contributed by atoms with Crippen LogP contribution in [-0.4, -0.2) is 24.8 Å². The van der Waals surface area contributed by atoms with Crippen LogP contribution in [0.1, 0.15) is 31.6 Å². The fourth-order valence-corrected chi connectivity index (χ4v) is 3.29. The van der Waals surface area contributed by atoms with Crippen LogP contribution in [0.2, 0.25) is 4.34 Å². The molecule has 0 saturated heterocycles. The molecule has 0 radical (unpaired) electrons. The molecule has 1 aromatic rings. The number of carbonyl (C=O) groups is 1. The van der Waals surface area contributed by atoms with Crippen LogP contribution in [0.5, 0.6) is 0 Å². The van der Waals surface area contributed by atoms with E-state index >= 15 is 0 Å². The van der Waals surface area contributed by atoms with Crippen molar-refractivity contribution in [3.8, 4) is 0 Å². The van der Waals surface area contributed by atoms with Gasteiger partial charge in [0.05, 0.1) is 4.34 Å². The molecule has 0 fully saturated rings. The highest BCUT2D eigenvalue weighted by Crippen LogP contribution is 2.25. The van der Waals surface area contributed by atoms with Gasteiger partial charge in [-0.3, -0.25) is 0 Å². The van der Waals surface area contributed by atoms with Crippen LogP contribution in [0.15, 0.2) is 12.1 Å². The standard InChI is InChI=1S/C13H20ClNOS/c1-4-7-13(2,10-16)9-15(3)8-11-5-6-12(14)17-11/h5-6,10H,4,7-9H2,1-3H3. The topological polar surface area (TPSA) is 20.3 Å². The highest BCUT2D eigenvalue weighted by Gasteiger charge is 2.24. The smallest absolute Gasteiger partial charge is 0.127 e. The minimum Gasteiger partial charge on any atom is -0.303 e. The molecular formula is C13H20ClNOS. The summed E-state index contributed by atoms with van der Waals surface area (Å²) in [7, 11) is 2.05. The maximum atomic E-state index is 11.2. The summed E-state index contributed by atoms with van der Waals surface area (Å²) in [4.78, 5) is 14.6. The summed E-state index contributed by atoms with van der Waals surface area (Å²) in [5, 5.41) is 0. The molecule has 0 saturated carbocycles. The molecule has 0 aliphatic carbocycles. The van der Waals surface area contributed by atoms with E-state index in [-0.39, 0.29) is 5.41 Å². The van der Waals surface area contributed by atoms with Crippen LogP contribution in [0.3, 0.4) is 0 Å². The number of carbonyl (C=O) groups excluding carboxylic acids is 1. The Balaban J connectivity index is 2.53. The van der Waals surface area contributed by atoms with Gasteiger partial charge in [0, 0.05) is 23.4 Å². The maximum absolute atomic E-state index is 11.2. The summed E-state index contributed by atoms with van der Waals surface area (Å²) in [5.74, 6) is 0. The Kier molecular flexibility index (Phi) is 5.63. The molecule has 2 nitrogen and oxygen atoms in total. The lowest BCUT2D eigenvalue weighted by atomic mass is 9.87. The Bertz CT molecular complexity index is 366. The van der Waals surface area contributed by atoms with Gasteiger partial charge in [0.15, 0.2) is 0 Å². The fourth-order valence-electron chi connectivity index (χ4n) is 2.12. The van der Waals surface area contributed by atoms with Crippen molar-refractivity contribution in [2.24, 2.45) is 5.41 Å². The first-order valence-corrected chi connectivity index (χ1v) is 7.07. The van der Waals surface area contributed by atoms with E-state index in [4.69, 9.17) is 11.6 Å². The Morgan fingerprint density at radius 3 is 2.71 bits per heavy atom. The Morgan fingerprint density at radius 1 is 1.53 bits per heavy atom. The second kappa shape index (κ2) is 6.53. The third kappa shape index (κ3) is 4.78. The van der Waals surface area contributed by atoms with Crippen LogP contribution < -0.4 is 0 Å². The molecule has 17 heavy (non-hydrogen) atoms. The van der Waals surface area contributed by atoms with Crippen molar-refractivity contribution in [1.29, 1.82) is 0 Å². The van der Waals surface area contributed by atoms with Crippen molar-refractivity contribution >= 4 is 29.2 Å². The Morgan fingerprint density at radius 2 is 2.24 bits per heavy atom. The van der Waals surface area contributed by atoms with Gasteiger partial charge >= 0.3 is 0 Å². The van der Waals surface area contributed by atoms with Crippen LogP contribution >= 0.6 is 22.9 Å². The van der Waals surface area contributed by atoms with Crippen molar-refractivity contribution in [3.05, 3.63) is 21.3 Å². The van der Waals surface area contributed by atoms with E-state index in [1.807, 2.05) is 26.1 Å². The largest absolute Gasteiger partial charge is 0.303 e. The predicted molar refractivity (Wildman–Crippen MR) is 74.7 cm³/mol. The van der Waals surface area contributed by atoms with E-state index in [2.05, 4.69) is 11.8 Å². The molecule has 1 rings (SSSR count). The maximum Gasteiger partial charge on any atom is 0.127 e. The van der Waals surface area contributed by atoms with Crippen LogP contribution in [0.4, 0.5) is 0 Å². The zero-order chi connectivity index (χ0) is 12.9. The van der Waals surface area contributed by atoms with Crippen molar-refractivity contribution < 1.29 is 4.79 Å². The van der Waals surface area contributed by atoms with Crippen molar-refractivity contribution in [2.45, 2.75) is 33.2 Å². The molecule has 1 atom stereocenters. The SMILES string of the molecule is CCCC(C)(C=O)CN(C)Cc1ccc(Cl)s1. The number of hydrogen-bond donors (Lipinski definition) is 0. The average molecular weight is 274 g/mol. The van der Waals surface area contributed by atoms with E-state index < -0.39 is 0 Å². The lowest BCUT2D eigenvalue weighted by molar-refractivity contribution is -0.116. The van der Waals surface area contributed by atoms with E-state index in [0.717, 1.165) is 36.6 Å². The first-order valence-electron chi connectivity index (χ1n) is 5.88. The van der Waals surface area contributed by atoms with Crippen molar-refractivity contribution in [3.63, 3.8) is 0 Å². The number of halogens is 1. The molecule has 0 amide bonds. The predicted octanol–water partition coefficient (Wildman–Crippen LogP) is 3.84. The first kappa shape index (κ1) is 14.7. The van der Waals surface area contributed by atoms with Crippen LogP contribution in [-0.2, 0) is 11.3 Å². The van der Waals surface area contributed by atoms with Gasteiger partial charge in [-0.2, -0.15) is 0 Å². The minimum atomic E-state index is -0.232. The van der Waals surface area contributed by atoms with Gasteiger partial charge in [0.1, 0.15) is 6.29 Å². The van der Waals surface area contributed by atoms with Gasteiger partial charge in [0.25, 0.3) is 0 Å². The molecule has 4 heteroatoms. The van der Waals surface area contributed by atoms with Gasteiger partial charge < -0.3 is 9.69 Å². The number of thiophene rings is 1.